The maximum Gasteiger partial charge on any atom is 0.271 e. The molecule has 0 spiro atoms. The topological polar surface area (TPSA) is 84.7 Å². The minimum atomic E-state index is -0.582. The van der Waals surface area contributed by atoms with Crippen LogP contribution in [0.25, 0.3) is 11.3 Å². The van der Waals surface area contributed by atoms with Crippen LogP contribution in [0.1, 0.15) is 43.2 Å². The second-order valence-electron chi connectivity index (χ2n) is 5.20. The number of amides is 1. The van der Waals surface area contributed by atoms with Gasteiger partial charge in [0.05, 0.1) is 0 Å². The highest BCUT2D eigenvalue weighted by Crippen LogP contribution is 2.28. The zero-order chi connectivity index (χ0) is 14.0. The predicted molar refractivity (Wildman–Crippen MR) is 73.7 cm³/mol. The molecule has 1 amide bonds. The zero-order valence-corrected chi connectivity index (χ0v) is 11.4. The molecule has 2 rings (SSSR count). The highest BCUT2D eigenvalue weighted by molar-refractivity contribution is 5.96. The Balaban J connectivity index is 2.38. The Labute approximate surface area is 112 Å². The lowest BCUT2D eigenvalue weighted by atomic mass is 9.82. The third-order valence-electron chi connectivity index (χ3n) is 3.60. The van der Waals surface area contributed by atoms with Crippen LogP contribution in [0.3, 0.4) is 0 Å². The van der Waals surface area contributed by atoms with Gasteiger partial charge in [0.2, 0.25) is 0 Å². The van der Waals surface area contributed by atoms with Gasteiger partial charge < -0.3 is 5.73 Å². The Morgan fingerprint density at radius 1 is 1.26 bits per heavy atom. The molecule has 0 aliphatic rings. The molecule has 0 aliphatic heterocycles. The van der Waals surface area contributed by atoms with Crippen molar-refractivity contribution in [3.05, 3.63) is 35.5 Å². The Hall–Kier alpha value is -2.17. The summed E-state index contributed by atoms with van der Waals surface area (Å²) < 4.78 is 0. The molecule has 0 aliphatic carbocycles. The first-order valence-electron chi connectivity index (χ1n) is 6.27. The molecule has 5 nitrogen and oxygen atoms in total. The predicted octanol–water partition coefficient (Wildman–Crippen LogP) is 2.26. The van der Waals surface area contributed by atoms with Crippen LogP contribution >= 0.6 is 0 Å². The van der Waals surface area contributed by atoms with Gasteiger partial charge in [-0.2, -0.15) is 15.4 Å². The fraction of sp³-hybridized carbons (Fsp3) is 0.357. The third-order valence-corrected chi connectivity index (χ3v) is 3.60. The lowest BCUT2D eigenvalue weighted by Crippen LogP contribution is -2.15. The number of benzene rings is 1. The maximum absolute atomic E-state index is 11.2. The van der Waals surface area contributed by atoms with Crippen molar-refractivity contribution in [1.29, 1.82) is 0 Å². The summed E-state index contributed by atoms with van der Waals surface area (Å²) in [4.78, 5) is 11.2. The van der Waals surface area contributed by atoms with E-state index in [1.807, 2.05) is 12.1 Å². The van der Waals surface area contributed by atoms with Gasteiger partial charge in [-0.25, -0.2) is 0 Å². The van der Waals surface area contributed by atoms with Crippen LogP contribution in [-0.2, 0) is 5.41 Å². The molecule has 0 saturated heterocycles. The molecule has 1 aromatic carbocycles. The first-order chi connectivity index (χ1) is 8.95. The number of nitrogens with two attached hydrogens (primary N) is 1. The molecule has 0 fully saturated rings. The summed E-state index contributed by atoms with van der Waals surface area (Å²) in [6, 6.07) is 7.99. The Morgan fingerprint density at radius 3 is 2.42 bits per heavy atom. The van der Waals surface area contributed by atoms with Gasteiger partial charge in [-0.15, -0.1) is 0 Å². The van der Waals surface area contributed by atoms with Crippen LogP contribution in [0.4, 0.5) is 0 Å². The van der Waals surface area contributed by atoms with E-state index in [1.165, 1.54) is 5.56 Å². The van der Waals surface area contributed by atoms with Crippen molar-refractivity contribution >= 4 is 5.91 Å². The summed E-state index contributed by atoms with van der Waals surface area (Å²) >= 11 is 0. The minimum absolute atomic E-state index is 0.134. The first-order valence-corrected chi connectivity index (χ1v) is 6.27. The Kier molecular flexibility index (Phi) is 3.38. The van der Waals surface area contributed by atoms with Crippen LogP contribution in [-0.4, -0.2) is 21.3 Å². The largest absolute Gasteiger partial charge is 0.364 e. The molecule has 19 heavy (non-hydrogen) atoms. The van der Waals surface area contributed by atoms with E-state index in [4.69, 9.17) is 5.73 Å². The number of carbonyl (C=O) groups is 1. The number of H-pyrrole nitrogens is 1. The highest BCUT2D eigenvalue weighted by Gasteiger charge is 2.19. The van der Waals surface area contributed by atoms with Crippen molar-refractivity contribution in [2.45, 2.75) is 32.6 Å². The molecule has 0 unspecified atom stereocenters. The van der Waals surface area contributed by atoms with E-state index in [9.17, 15) is 4.79 Å². The molecule has 0 atom stereocenters. The summed E-state index contributed by atoms with van der Waals surface area (Å²) in [6.45, 7) is 6.57. The van der Waals surface area contributed by atoms with Crippen molar-refractivity contribution in [2.75, 3.05) is 0 Å². The van der Waals surface area contributed by atoms with E-state index in [1.54, 1.807) is 0 Å². The normalized spacial score (nSPS) is 11.5. The van der Waals surface area contributed by atoms with Gasteiger partial charge in [0.15, 0.2) is 5.69 Å². The molecular formula is C14H18N4O. The number of nitrogens with zero attached hydrogens (tertiary/aromatic N) is 2. The third kappa shape index (κ3) is 2.50. The second-order valence-corrected chi connectivity index (χ2v) is 5.20. The summed E-state index contributed by atoms with van der Waals surface area (Å²) in [7, 11) is 0. The van der Waals surface area contributed by atoms with E-state index in [2.05, 4.69) is 48.3 Å². The van der Waals surface area contributed by atoms with E-state index in [-0.39, 0.29) is 11.1 Å². The number of aromatic nitrogens is 3. The number of carbonyl (C=O) groups excluding carboxylic acids is 1. The lowest BCUT2D eigenvalue weighted by Gasteiger charge is -2.23. The van der Waals surface area contributed by atoms with Gasteiger partial charge in [-0.3, -0.25) is 4.79 Å². The molecule has 5 heteroatoms. The number of primary amides is 1. The number of rotatable bonds is 4. The highest BCUT2D eigenvalue weighted by atomic mass is 16.1. The summed E-state index contributed by atoms with van der Waals surface area (Å²) in [5.41, 5.74) is 8.14. The van der Waals surface area contributed by atoms with Crippen LogP contribution in [0, 0.1) is 0 Å². The van der Waals surface area contributed by atoms with Crippen molar-refractivity contribution in [3.8, 4) is 11.3 Å². The van der Waals surface area contributed by atoms with Gasteiger partial charge in [0.25, 0.3) is 5.91 Å². The molecule has 100 valence electrons. The van der Waals surface area contributed by atoms with Gasteiger partial charge in [-0.1, -0.05) is 45.0 Å². The molecule has 3 N–H and O–H groups in total. The molecule has 0 bridgehead atoms. The average molecular weight is 258 g/mol. The molecule has 1 aromatic heterocycles. The van der Waals surface area contributed by atoms with E-state index in [0.29, 0.717) is 5.69 Å². The van der Waals surface area contributed by atoms with Gasteiger partial charge in [-0.05, 0) is 17.4 Å². The second kappa shape index (κ2) is 4.84. The summed E-state index contributed by atoms with van der Waals surface area (Å²) in [5, 5.41) is 10.2. The van der Waals surface area contributed by atoms with Gasteiger partial charge >= 0.3 is 0 Å². The Bertz CT molecular complexity index is 584. The van der Waals surface area contributed by atoms with Crippen LogP contribution < -0.4 is 5.73 Å². The molecule has 0 radical (unpaired) electrons. The summed E-state index contributed by atoms with van der Waals surface area (Å²) in [6.07, 6.45) is 1.06. The molecule has 0 saturated carbocycles. The van der Waals surface area contributed by atoms with E-state index in [0.717, 1.165) is 12.0 Å². The fourth-order valence-electron chi connectivity index (χ4n) is 1.89. The number of hydrogen-bond acceptors (Lipinski definition) is 3. The number of aromatic amines is 1. The van der Waals surface area contributed by atoms with Crippen LogP contribution in [0.15, 0.2) is 24.3 Å². The monoisotopic (exact) mass is 258 g/mol. The smallest absolute Gasteiger partial charge is 0.271 e. The number of nitrogens with one attached hydrogen (secondary N) is 1. The number of hydrogen-bond donors (Lipinski definition) is 2. The first kappa shape index (κ1) is 13.3. The minimum Gasteiger partial charge on any atom is -0.364 e. The fourth-order valence-corrected chi connectivity index (χ4v) is 1.89. The van der Waals surface area contributed by atoms with Crippen molar-refractivity contribution in [1.82, 2.24) is 15.4 Å². The van der Waals surface area contributed by atoms with E-state index >= 15 is 0 Å². The quantitative estimate of drug-likeness (QED) is 0.882. The van der Waals surface area contributed by atoms with Gasteiger partial charge in [0, 0.05) is 5.56 Å². The van der Waals surface area contributed by atoms with E-state index < -0.39 is 5.91 Å². The lowest BCUT2D eigenvalue weighted by molar-refractivity contribution is 0.0996. The van der Waals surface area contributed by atoms with Crippen molar-refractivity contribution < 1.29 is 4.79 Å². The summed E-state index contributed by atoms with van der Waals surface area (Å²) in [5.74, 6) is -0.582. The average Bonchev–Trinajstić information content (AvgIpc) is 2.88. The molecule has 1 heterocycles. The van der Waals surface area contributed by atoms with Crippen molar-refractivity contribution in [3.63, 3.8) is 0 Å². The Morgan fingerprint density at radius 2 is 1.89 bits per heavy atom. The van der Waals surface area contributed by atoms with Crippen LogP contribution in [0.5, 0.6) is 0 Å². The molecule has 2 aromatic rings. The van der Waals surface area contributed by atoms with Gasteiger partial charge in [0.1, 0.15) is 5.69 Å². The van der Waals surface area contributed by atoms with Crippen LogP contribution in [0.2, 0.25) is 0 Å². The molecular weight excluding hydrogens is 240 g/mol. The van der Waals surface area contributed by atoms with Crippen molar-refractivity contribution in [2.24, 2.45) is 5.73 Å². The standard InChI is InChI=1S/C14H18N4O/c1-4-14(2,3)10-7-5-9(6-8-10)11-12(13(15)19)17-18-16-11/h5-8H,4H2,1-3H3,(H2,15,19)(H,16,17,18). The maximum atomic E-state index is 11.2. The zero-order valence-electron chi connectivity index (χ0n) is 11.4. The SMILES string of the molecule is CCC(C)(C)c1ccc(-c2n[nH]nc2C(N)=O)cc1.